The molecule has 3 aliphatic rings. The van der Waals surface area contributed by atoms with Gasteiger partial charge in [0.2, 0.25) is 5.91 Å². The molecule has 2 fully saturated rings. The van der Waals surface area contributed by atoms with Crippen LogP contribution in [0, 0.1) is 5.82 Å². The highest BCUT2D eigenvalue weighted by Crippen LogP contribution is 2.35. The molecule has 0 radical (unpaired) electrons. The summed E-state index contributed by atoms with van der Waals surface area (Å²) in [5.41, 5.74) is 2.41. The van der Waals surface area contributed by atoms with Gasteiger partial charge in [-0.05, 0) is 50.1 Å². The number of likely N-dealkylation sites (N-methyl/N-ethyl adjacent to an activating group) is 1. The van der Waals surface area contributed by atoms with Crippen LogP contribution in [-0.4, -0.2) is 73.7 Å². The lowest BCUT2D eigenvalue weighted by Crippen LogP contribution is -2.50. The van der Waals surface area contributed by atoms with Crippen LogP contribution in [-0.2, 0) is 16.1 Å². The van der Waals surface area contributed by atoms with Crippen molar-refractivity contribution in [3.8, 4) is 0 Å². The quantitative estimate of drug-likeness (QED) is 0.556. The lowest BCUT2D eigenvalue weighted by molar-refractivity contribution is -0.127. The molecule has 1 atom stereocenters. The summed E-state index contributed by atoms with van der Waals surface area (Å²) in [5, 5.41) is 6.00. The molecular formula is C27H33FN6O3. The second kappa shape index (κ2) is 10.8. The summed E-state index contributed by atoms with van der Waals surface area (Å²) >= 11 is 0. The van der Waals surface area contributed by atoms with E-state index in [1.165, 1.54) is 6.08 Å². The van der Waals surface area contributed by atoms with Gasteiger partial charge in [-0.25, -0.2) is 9.37 Å². The molecule has 10 heteroatoms. The molecule has 0 saturated carbocycles. The maximum atomic E-state index is 15.8. The fourth-order valence-electron chi connectivity index (χ4n) is 5.38. The van der Waals surface area contributed by atoms with Crippen molar-refractivity contribution in [1.82, 2.24) is 15.2 Å². The normalized spacial score (nSPS) is 19.3. The fourth-order valence-corrected chi connectivity index (χ4v) is 5.38. The minimum atomic E-state index is -0.490. The highest BCUT2D eigenvalue weighted by Gasteiger charge is 2.34. The van der Waals surface area contributed by atoms with E-state index < -0.39 is 5.82 Å². The second-order valence-corrected chi connectivity index (χ2v) is 9.48. The lowest BCUT2D eigenvalue weighted by Gasteiger charge is -2.39. The summed E-state index contributed by atoms with van der Waals surface area (Å²) in [6.07, 6.45) is 2.94. The highest BCUT2D eigenvalue weighted by atomic mass is 19.1. The van der Waals surface area contributed by atoms with Gasteiger partial charge >= 0.3 is 0 Å². The molecule has 1 aromatic heterocycles. The summed E-state index contributed by atoms with van der Waals surface area (Å²) in [4.78, 5) is 35.5. The van der Waals surface area contributed by atoms with E-state index in [-0.39, 0.29) is 35.8 Å². The number of halogens is 1. The second-order valence-electron chi connectivity index (χ2n) is 9.48. The summed E-state index contributed by atoms with van der Waals surface area (Å²) in [6.45, 7) is 10.4. The van der Waals surface area contributed by atoms with Gasteiger partial charge in [0.25, 0.3) is 5.91 Å². The average molecular weight is 509 g/mol. The third-order valence-electron chi connectivity index (χ3n) is 7.31. The van der Waals surface area contributed by atoms with Crippen LogP contribution in [0.2, 0.25) is 0 Å². The van der Waals surface area contributed by atoms with Gasteiger partial charge in [0, 0.05) is 62.2 Å². The zero-order valence-corrected chi connectivity index (χ0v) is 21.1. The topological polar surface area (TPSA) is 90.0 Å². The molecule has 2 N–H and O–H groups in total. The van der Waals surface area contributed by atoms with Gasteiger partial charge in [-0.15, -0.1) is 0 Å². The van der Waals surface area contributed by atoms with E-state index >= 15 is 4.39 Å². The van der Waals surface area contributed by atoms with Gasteiger partial charge in [0.1, 0.15) is 5.82 Å². The Balaban J connectivity index is 1.45. The number of morpholine rings is 1. The molecule has 9 nitrogen and oxygen atoms in total. The molecule has 5 rings (SSSR count). The van der Waals surface area contributed by atoms with Crippen LogP contribution in [0.4, 0.5) is 27.4 Å². The average Bonchev–Trinajstić information content (AvgIpc) is 3.34. The largest absolute Gasteiger partial charge is 0.378 e. The van der Waals surface area contributed by atoms with Crippen molar-refractivity contribution in [3.63, 3.8) is 0 Å². The van der Waals surface area contributed by atoms with Crippen LogP contribution in [0.5, 0.6) is 0 Å². The predicted octanol–water partition coefficient (Wildman–Crippen LogP) is 3.05. The van der Waals surface area contributed by atoms with Crippen molar-refractivity contribution in [2.24, 2.45) is 0 Å². The summed E-state index contributed by atoms with van der Waals surface area (Å²) in [6, 6.07) is 7.82. The van der Waals surface area contributed by atoms with E-state index in [9.17, 15) is 9.59 Å². The third kappa shape index (κ3) is 4.98. The number of carbonyl (C=O) groups is 2. The molecular weight excluding hydrogens is 475 g/mol. The van der Waals surface area contributed by atoms with Crippen LogP contribution < -0.4 is 20.4 Å². The van der Waals surface area contributed by atoms with Crippen molar-refractivity contribution >= 4 is 34.8 Å². The lowest BCUT2D eigenvalue weighted by atomic mass is 10.0. The highest BCUT2D eigenvalue weighted by molar-refractivity contribution is 6.03. The number of nitrogens with zero attached hydrogens (tertiary/aromatic N) is 4. The SMILES string of the molecule is C=CC(=O)N1CCCC(N(CC)c2nc(Nc3ccc(N4CCOCC4)cc3)c3c(c2F)CNC3=O)C1. The third-order valence-corrected chi connectivity index (χ3v) is 7.31. The number of fused-ring (bicyclic) bond motifs is 1. The summed E-state index contributed by atoms with van der Waals surface area (Å²) in [7, 11) is 0. The first-order chi connectivity index (χ1) is 18.0. The van der Waals surface area contributed by atoms with Crippen molar-refractivity contribution in [2.75, 3.05) is 61.1 Å². The molecule has 196 valence electrons. The molecule has 2 aromatic rings. The number of ether oxygens (including phenoxy) is 1. The van der Waals surface area contributed by atoms with E-state index in [2.05, 4.69) is 27.1 Å². The van der Waals surface area contributed by atoms with E-state index in [1.54, 1.807) is 4.90 Å². The van der Waals surface area contributed by atoms with E-state index in [0.717, 1.165) is 37.3 Å². The van der Waals surface area contributed by atoms with Crippen LogP contribution in [0.15, 0.2) is 36.9 Å². The van der Waals surface area contributed by atoms with E-state index in [1.807, 2.05) is 36.1 Å². The Labute approximate surface area is 216 Å². The molecule has 4 heterocycles. The van der Waals surface area contributed by atoms with Crippen molar-refractivity contribution in [1.29, 1.82) is 0 Å². The van der Waals surface area contributed by atoms with Crippen LogP contribution >= 0.6 is 0 Å². The van der Waals surface area contributed by atoms with Crippen LogP contribution in [0.3, 0.4) is 0 Å². The van der Waals surface area contributed by atoms with Gasteiger partial charge in [-0.2, -0.15) is 0 Å². The monoisotopic (exact) mass is 508 g/mol. The minimum Gasteiger partial charge on any atom is -0.378 e. The van der Waals surface area contributed by atoms with E-state index in [0.29, 0.717) is 44.2 Å². The Morgan fingerprint density at radius 2 is 2.05 bits per heavy atom. The number of carbonyl (C=O) groups excluding carboxylic acids is 2. The van der Waals surface area contributed by atoms with Crippen molar-refractivity contribution in [2.45, 2.75) is 32.4 Å². The Bertz CT molecular complexity index is 1180. The zero-order valence-electron chi connectivity index (χ0n) is 21.1. The number of aromatic nitrogens is 1. The zero-order chi connectivity index (χ0) is 25.9. The van der Waals surface area contributed by atoms with Gasteiger partial charge in [-0.1, -0.05) is 6.58 Å². The maximum Gasteiger partial charge on any atom is 0.255 e. The number of anilines is 4. The Hall–Kier alpha value is -3.66. The molecule has 3 aliphatic heterocycles. The number of piperidine rings is 1. The van der Waals surface area contributed by atoms with Crippen LogP contribution in [0.25, 0.3) is 0 Å². The van der Waals surface area contributed by atoms with Gasteiger partial charge in [0.05, 0.1) is 18.8 Å². The van der Waals surface area contributed by atoms with Gasteiger partial charge in [-0.3, -0.25) is 9.59 Å². The first-order valence-corrected chi connectivity index (χ1v) is 12.9. The first-order valence-electron chi connectivity index (χ1n) is 12.9. The molecule has 2 saturated heterocycles. The van der Waals surface area contributed by atoms with E-state index in [4.69, 9.17) is 4.74 Å². The number of rotatable bonds is 7. The number of hydrogen-bond donors (Lipinski definition) is 2. The Morgan fingerprint density at radius 3 is 2.76 bits per heavy atom. The fraction of sp³-hybridized carbons (Fsp3) is 0.444. The molecule has 1 unspecified atom stereocenters. The maximum absolute atomic E-state index is 15.8. The predicted molar refractivity (Wildman–Crippen MR) is 141 cm³/mol. The molecule has 1 aromatic carbocycles. The number of likely N-dealkylation sites (tertiary alicyclic amines) is 1. The molecule has 37 heavy (non-hydrogen) atoms. The van der Waals surface area contributed by atoms with Crippen molar-refractivity contribution in [3.05, 3.63) is 53.9 Å². The summed E-state index contributed by atoms with van der Waals surface area (Å²) < 4.78 is 21.2. The summed E-state index contributed by atoms with van der Waals surface area (Å²) in [5.74, 6) is -0.433. The van der Waals surface area contributed by atoms with Gasteiger partial charge < -0.3 is 30.1 Å². The number of nitrogens with one attached hydrogen (secondary N) is 2. The number of benzene rings is 1. The smallest absolute Gasteiger partial charge is 0.255 e. The van der Waals surface area contributed by atoms with Gasteiger partial charge in [0.15, 0.2) is 11.6 Å². The van der Waals surface area contributed by atoms with Crippen molar-refractivity contribution < 1.29 is 18.7 Å². The number of hydrogen-bond acceptors (Lipinski definition) is 7. The number of pyridine rings is 1. The Morgan fingerprint density at radius 1 is 1.30 bits per heavy atom. The van der Waals surface area contributed by atoms with Crippen LogP contribution in [0.1, 0.15) is 35.7 Å². The molecule has 2 amide bonds. The molecule has 0 bridgehead atoms. The Kier molecular flexibility index (Phi) is 7.27. The first kappa shape index (κ1) is 25.0. The minimum absolute atomic E-state index is 0.0894. The standard InChI is InChI=1S/C27H33FN6O3/c1-3-22(35)33-11-5-6-20(17-33)34(4-2)26-24(28)21-16-29-27(36)23(21)25(31-26)30-18-7-9-19(10-8-18)32-12-14-37-15-13-32/h3,7-10,20H,1,4-6,11-17H2,2H3,(H,29,36)(H,30,31). The molecule has 0 spiro atoms. The molecule has 0 aliphatic carbocycles. The number of amides is 2.